The molecule has 70 valence electrons. The summed E-state index contributed by atoms with van der Waals surface area (Å²) >= 11 is 0. The minimum atomic E-state index is 0. The molecule has 1 rings (SSSR count). The fraction of sp³-hybridized carbons (Fsp3) is 0.600. The number of aryl methyl sites for hydroxylation is 2. The second-order valence-corrected chi connectivity index (χ2v) is 2.95. The Hall–Kier alpha value is -0.430. The predicted molar refractivity (Wildman–Crippen MR) is 56.0 cm³/mol. The second kappa shape index (κ2) is 6.13. The molecule has 1 nitrogen and oxygen atoms in total. The van der Waals surface area contributed by atoms with E-state index in [4.69, 9.17) is 0 Å². The van der Waals surface area contributed by atoms with Crippen LogP contribution in [0.25, 0.3) is 0 Å². The summed E-state index contributed by atoms with van der Waals surface area (Å²) in [5, 5.41) is 0. The largest absolute Gasteiger partial charge is 0.354 e. The van der Waals surface area contributed by atoms with Gasteiger partial charge in [0, 0.05) is 18.9 Å². The van der Waals surface area contributed by atoms with E-state index >= 15 is 0 Å². The number of nitrogens with zero attached hydrogens (tertiary/aromatic N) is 1. The molecule has 0 unspecified atom stereocenters. The van der Waals surface area contributed by atoms with Crippen LogP contribution in [0.3, 0.4) is 0 Å². The highest BCUT2D eigenvalue weighted by atomic mass is 35.5. The van der Waals surface area contributed by atoms with Crippen LogP contribution in [0.4, 0.5) is 0 Å². The highest BCUT2D eigenvalue weighted by Gasteiger charge is 1.93. The van der Waals surface area contributed by atoms with E-state index in [1.807, 2.05) is 0 Å². The van der Waals surface area contributed by atoms with Crippen molar-refractivity contribution in [3.63, 3.8) is 0 Å². The molecule has 0 N–H and O–H groups in total. The van der Waals surface area contributed by atoms with Gasteiger partial charge in [0.2, 0.25) is 0 Å². The molecule has 1 aromatic rings. The summed E-state index contributed by atoms with van der Waals surface area (Å²) in [7, 11) is 0. The molecule has 1 aromatic heterocycles. The van der Waals surface area contributed by atoms with E-state index in [0.717, 1.165) is 6.54 Å². The molecule has 0 saturated heterocycles. The van der Waals surface area contributed by atoms with E-state index in [1.165, 1.54) is 24.8 Å². The quantitative estimate of drug-likeness (QED) is 0.682. The zero-order valence-corrected chi connectivity index (χ0v) is 8.73. The van der Waals surface area contributed by atoms with E-state index in [1.54, 1.807) is 0 Å². The van der Waals surface area contributed by atoms with Crippen LogP contribution < -0.4 is 0 Å². The van der Waals surface area contributed by atoms with Crippen molar-refractivity contribution in [1.29, 1.82) is 0 Å². The summed E-state index contributed by atoms with van der Waals surface area (Å²) in [6.07, 6.45) is 8.25. The topological polar surface area (TPSA) is 4.93 Å². The number of hydrogen-bond donors (Lipinski definition) is 0. The molecular weight excluding hydrogens is 170 g/mol. The Morgan fingerprint density at radius 3 is 2.58 bits per heavy atom. The molecule has 0 aliphatic heterocycles. The molecule has 0 aliphatic rings. The van der Waals surface area contributed by atoms with Crippen LogP contribution in [-0.2, 0) is 13.0 Å². The molecule has 0 atom stereocenters. The van der Waals surface area contributed by atoms with Crippen LogP contribution in [-0.4, -0.2) is 4.57 Å². The molecule has 0 fully saturated rings. The summed E-state index contributed by atoms with van der Waals surface area (Å²) in [5.74, 6) is 0. The van der Waals surface area contributed by atoms with E-state index in [-0.39, 0.29) is 12.4 Å². The Balaban J connectivity index is 0.00000121. The third-order valence-corrected chi connectivity index (χ3v) is 2.00. The molecule has 0 saturated carbocycles. The van der Waals surface area contributed by atoms with E-state index < -0.39 is 0 Å². The lowest BCUT2D eigenvalue weighted by Crippen LogP contribution is -1.87. The first-order chi connectivity index (χ1) is 5.36. The molecule has 0 amide bonds. The lowest BCUT2D eigenvalue weighted by atomic mass is 10.2. The van der Waals surface area contributed by atoms with E-state index in [2.05, 4.69) is 36.9 Å². The van der Waals surface area contributed by atoms with Crippen LogP contribution in [0.5, 0.6) is 0 Å². The van der Waals surface area contributed by atoms with Crippen molar-refractivity contribution < 1.29 is 0 Å². The normalized spacial score (nSPS) is 9.50. The Labute approximate surface area is 81.2 Å². The molecule has 0 aliphatic carbocycles. The summed E-state index contributed by atoms with van der Waals surface area (Å²) < 4.78 is 2.23. The van der Waals surface area contributed by atoms with Gasteiger partial charge in [0.05, 0.1) is 0 Å². The van der Waals surface area contributed by atoms with Crippen LogP contribution in [0, 0.1) is 0 Å². The average molecular weight is 188 g/mol. The second-order valence-electron chi connectivity index (χ2n) is 2.95. The Bertz CT molecular complexity index is 205. The molecule has 1 heterocycles. The Morgan fingerprint density at radius 2 is 2.08 bits per heavy atom. The summed E-state index contributed by atoms with van der Waals surface area (Å²) in [6, 6.07) is 2.22. The molecule has 2 heteroatoms. The Morgan fingerprint density at radius 1 is 1.33 bits per heavy atom. The van der Waals surface area contributed by atoms with Gasteiger partial charge in [0.15, 0.2) is 0 Å². The number of aromatic nitrogens is 1. The van der Waals surface area contributed by atoms with Crippen molar-refractivity contribution in [1.82, 2.24) is 4.57 Å². The van der Waals surface area contributed by atoms with Gasteiger partial charge < -0.3 is 4.57 Å². The maximum atomic E-state index is 2.25. The lowest BCUT2D eigenvalue weighted by molar-refractivity contribution is 0.755. The van der Waals surface area contributed by atoms with Gasteiger partial charge in [-0.3, -0.25) is 0 Å². The zero-order chi connectivity index (χ0) is 8.10. The minimum absolute atomic E-state index is 0. The van der Waals surface area contributed by atoms with Gasteiger partial charge in [-0.25, -0.2) is 0 Å². The maximum Gasteiger partial charge on any atom is 0.0191 e. The van der Waals surface area contributed by atoms with Gasteiger partial charge in [0.1, 0.15) is 0 Å². The number of halogens is 1. The van der Waals surface area contributed by atoms with Crippen LogP contribution >= 0.6 is 12.4 Å². The van der Waals surface area contributed by atoms with E-state index in [0.29, 0.717) is 0 Å². The summed E-state index contributed by atoms with van der Waals surface area (Å²) in [6.45, 7) is 5.49. The minimum Gasteiger partial charge on any atom is -0.354 e. The van der Waals surface area contributed by atoms with Crippen LogP contribution in [0.2, 0.25) is 0 Å². The van der Waals surface area contributed by atoms with Crippen molar-refractivity contribution in [2.75, 3.05) is 0 Å². The Kier molecular flexibility index (Phi) is 5.91. The highest BCUT2D eigenvalue weighted by molar-refractivity contribution is 5.85. The van der Waals surface area contributed by atoms with Gasteiger partial charge in [0.25, 0.3) is 0 Å². The molecule has 0 aromatic carbocycles. The van der Waals surface area contributed by atoms with Crippen LogP contribution in [0.1, 0.15) is 32.3 Å². The van der Waals surface area contributed by atoms with Crippen molar-refractivity contribution in [2.45, 2.75) is 39.7 Å². The average Bonchev–Trinajstić information content (AvgIpc) is 2.48. The van der Waals surface area contributed by atoms with Crippen molar-refractivity contribution in [3.8, 4) is 0 Å². The molecule has 0 spiro atoms. The zero-order valence-electron chi connectivity index (χ0n) is 7.92. The van der Waals surface area contributed by atoms with E-state index in [9.17, 15) is 0 Å². The summed E-state index contributed by atoms with van der Waals surface area (Å²) in [5.41, 5.74) is 1.48. The predicted octanol–water partition coefficient (Wildman–Crippen LogP) is 3.27. The standard InChI is InChI=1S/C10H17N.ClH/c1-3-5-6-10-7-8-11(4-2)9-10;/h7-9H,3-6H2,1-2H3;1H. The van der Waals surface area contributed by atoms with Gasteiger partial charge in [-0.15, -0.1) is 12.4 Å². The van der Waals surface area contributed by atoms with Crippen LogP contribution in [0.15, 0.2) is 18.5 Å². The lowest BCUT2D eigenvalue weighted by Gasteiger charge is -1.94. The van der Waals surface area contributed by atoms with Crippen molar-refractivity contribution in [2.24, 2.45) is 0 Å². The summed E-state index contributed by atoms with van der Waals surface area (Å²) in [4.78, 5) is 0. The number of hydrogen-bond acceptors (Lipinski definition) is 0. The fourth-order valence-corrected chi connectivity index (χ4v) is 1.22. The highest BCUT2D eigenvalue weighted by Crippen LogP contribution is 2.05. The van der Waals surface area contributed by atoms with Gasteiger partial charge in [-0.05, 0) is 31.4 Å². The first-order valence-corrected chi connectivity index (χ1v) is 4.51. The molecule has 0 radical (unpaired) electrons. The van der Waals surface area contributed by atoms with Gasteiger partial charge in [-0.2, -0.15) is 0 Å². The maximum absolute atomic E-state index is 2.25. The fourth-order valence-electron chi connectivity index (χ4n) is 1.22. The molecular formula is C10H18ClN. The van der Waals surface area contributed by atoms with Crippen molar-refractivity contribution >= 4 is 12.4 Å². The van der Waals surface area contributed by atoms with Gasteiger partial charge in [-0.1, -0.05) is 13.3 Å². The smallest absolute Gasteiger partial charge is 0.0191 e. The third kappa shape index (κ3) is 3.31. The monoisotopic (exact) mass is 187 g/mol. The first-order valence-electron chi connectivity index (χ1n) is 4.51. The van der Waals surface area contributed by atoms with Gasteiger partial charge >= 0.3 is 0 Å². The SMILES string of the molecule is CCCCc1ccn(CC)c1.Cl. The van der Waals surface area contributed by atoms with Crippen molar-refractivity contribution in [3.05, 3.63) is 24.0 Å². The molecule has 12 heavy (non-hydrogen) atoms. The first kappa shape index (κ1) is 11.6. The number of unbranched alkanes of at least 4 members (excludes halogenated alkanes) is 1. The molecule has 0 bridgehead atoms. The third-order valence-electron chi connectivity index (χ3n) is 2.00. The number of rotatable bonds is 4.